The lowest BCUT2D eigenvalue weighted by atomic mass is 10.0. The van der Waals surface area contributed by atoms with Crippen LogP contribution in [-0.2, 0) is 4.79 Å². The smallest absolute Gasteiger partial charge is 0.300 e. The normalized spacial score (nSPS) is 10.8. The van der Waals surface area contributed by atoms with Gasteiger partial charge in [-0.2, -0.15) is 0 Å². The van der Waals surface area contributed by atoms with E-state index in [0.29, 0.717) is 0 Å². The molecule has 0 heterocycles. The standard InChI is InChI=1S/C13H24O.C2H4O2/c1-5-7-8-12(9-11(3)4)10-13(14)6-2;1-2(3)4/h13-14H,5-8,10H2,1-4H3;1H3,(H,3,4)/t13-;/m1./s1. The molecule has 0 unspecified atom stereocenters. The first-order chi connectivity index (χ1) is 8.33. The molecule has 0 spiro atoms. The summed E-state index contributed by atoms with van der Waals surface area (Å²) in [5.41, 5.74) is 5.84. The molecule has 0 bridgehead atoms. The number of unbranched alkanes of at least 4 members (excludes halogenated alkanes) is 1. The van der Waals surface area contributed by atoms with E-state index in [1.54, 1.807) is 0 Å². The molecule has 18 heavy (non-hydrogen) atoms. The highest BCUT2D eigenvalue weighted by atomic mass is 16.4. The second-order valence-corrected chi connectivity index (χ2v) is 4.62. The van der Waals surface area contributed by atoms with Crippen LogP contribution in [0.15, 0.2) is 16.9 Å². The molecular weight excluding hydrogens is 228 g/mol. The number of carbonyl (C=O) groups is 1. The van der Waals surface area contributed by atoms with Crippen LogP contribution in [0.5, 0.6) is 0 Å². The topological polar surface area (TPSA) is 57.5 Å². The van der Waals surface area contributed by atoms with Gasteiger partial charge in [-0.25, -0.2) is 0 Å². The SMILES string of the molecule is CC(=O)O.CCCCC(=C=C(C)C)C[C@H](O)CC. The van der Waals surface area contributed by atoms with Crippen LogP contribution in [0, 0.1) is 0 Å². The van der Waals surface area contributed by atoms with E-state index in [-0.39, 0.29) is 6.10 Å². The molecule has 0 aliphatic rings. The molecule has 3 heteroatoms. The highest BCUT2D eigenvalue weighted by Crippen LogP contribution is 2.14. The Hall–Kier alpha value is -1.05. The molecule has 1 atom stereocenters. The Balaban J connectivity index is 0. The van der Waals surface area contributed by atoms with Gasteiger partial charge in [-0.1, -0.05) is 20.3 Å². The van der Waals surface area contributed by atoms with E-state index in [4.69, 9.17) is 9.90 Å². The molecule has 0 aliphatic heterocycles. The van der Waals surface area contributed by atoms with Crippen LogP contribution in [0.1, 0.15) is 66.7 Å². The molecule has 0 fully saturated rings. The second kappa shape index (κ2) is 12.4. The average molecular weight is 256 g/mol. The molecule has 0 aliphatic carbocycles. The number of carboxylic acid groups (broad SMARTS) is 1. The van der Waals surface area contributed by atoms with Crippen molar-refractivity contribution >= 4 is 5.97 Å². The minimum Gasteiger partial charge on any atom is -0.481 e. The third-order valence-electron chi connectivity index (χ3n) is 2.21. The third-order valence-corrected chi connectivity index (χ3v) is 2.21. The van der Waals surface area contributed by atoms with Gasteiger partial charge in [-0.15, -0.1) is 5.73 Å². The number of aliphatic hydroxyl groups is 1. The second-order valence-electron chi connectivity index (χ2n) is 4.62. The van der Waals surface area contributed by atoms with Crippen LogP contribution in [0.4, 0.5) is 0 Å². The lowest BCUT2D eigenvalue weighted by Crippen LogP contribution is -2.05. The Kier molecular flexibility index (Phi) is 13.3. The molecule has 0 rings (SSSR count). The van der Waals surface area contributed by atoms with Gasteiger partial charge in [0.25, 0.3) is 5.97 Å². The fraction of sp³-hybridized carbons (Fsp3) is 0.733. The summed E-state index contributed by atoms with van der Waals surface area (Å²) in [6.45, 7) is 9.41. The number of aliphatic hydroxyl groups excluding tert-OH is 1. The van der Waals surface area contributed by atoms with Gasteiger partial charge in [0.15, 0.2) is 0 Å². The molecule has 0 radical (unpaired) electrons. The Labute approximate surface area is 111 Å². The van der Waals surface area contributed by atoms with Crippen molar-refractivity contribution in [2.24, 2.45) is 0 Å². The van der Waals surface area contributed by atoms with E-state index >= 15 is 0 Å². The highest BCUT2D eigenvalue weighted by Gasteiger charge is 2.04. The monoisotopic (exact) mass is 256 g/mol. The fourth-order valence-corrected chi connectivity index (χ4v) is 1.39. The van der Waals surface area contributed by atoms with Crippen LogP contribution >= 0.6 is 0 Å². The van der Waals surface area contributed by atoms with Gasteiger partial charge in [0, 0.05) is 13.3 Å². The Bertz CT molecular complexity index is 278. The van der Waals surface area contributed by atoms with E-state index in [1.165, 1.54) is 24.0 Å². The predicted molar refractivity (Wildman–Crippen MR) is 75.6 cm³/mol. The van der Waals surface area contributed by atoms with E-state index in [2.05, 4.69) is 26.5 Å². The first kappa shape index (κ1) is 19.3. The molecule has 0 aromatic heterocycles. The number of hydrogen-bond donors (Lipinski definition) is 2. The molecule has 0 saturated heterocycles. The Morgan fingerprint density at radius 1 is 1.22 bits per heavy atom. The lowest BCUT2D eigenvalue weighted by molar-refractivity contribution is -0.134. The molecule has 3 nitrogen and oxygen atoms in total. The number of carboxylic acids is 1. The molecule has 2 N–H and O–H groups in total. The molecule has 0 aromatic rings. The van der Waals surface area contributed by atoms with Crippen molar-refractivity contribution in [3.05, 3.63) is 16.9 Å². The lowest BCUT2D eigenvalue weighted by Gasteiger charge is -2.09. The predicted octanol–water partition coefficient (Wildman–Crippen LogP) is 3.92. The van der Waals surface area contributed by atoms with Crippen LogP contribution in [0.3, 0.4) is 0 Å². The van der Waals surface area contributed by atoms with Gasteiger partial charge in [0.2, 0.25) is 0 Å². The van der Waals surface area contributed by atoms with E-state index in [0.717, 1.165) is 26.2 Å². The zero-order valence-corrected chi connectivity index (χ0v) is 12.4. The van der Waals surface area contributed by atoms with Crippen molar-refractivity contribution in [2.75, 3.05) is 0 Å². The van der Waals surface area contributed by atoms with Gasteiger partial charge in [-0.3, -0.25) is 4.79 Å². The summed E-state index contributed by atoms with van der Waals surface area (Å²) >= 11 is 0. The molecule has 0 amide bonds. The molecule has 0 aromatic carbocycles. The highest BCUT2D eigenvalue weighted by molar-refractivity contribution is 5.62. The number of rotatable bonds is 6. The van der Waals surface area contributed by atoms with Crippen LogP contribution in [0.25, 0.3) is 0 Å². The van der Waals surface area contributed by atoms with Crippen molar-refractivity contribution in [3.63, 3.8) is 0 Å². The van der Waals surface area contributed by atoms with Crippen molar-refractivity contribution < 1.29 is 15.0 Å². The van der Waals surface area contributed by atoms with Gasteiger partial charge >= 0.3 is 0 Å². The summed E-state index contributed by atoms with van der Waals surface area (Å²) in [7, 11) is 0. The summed E-state index contributed by atoms with van der Waals surface area (Å²) in [4.78, 5) is 9.00. The van der Waals surface area contributed by atoms with E-state index in [1.807, 2.05) is 6.92 Å². The van der Waals surface area contributed by atoms with Gasteiger partial charge in [0.1, 0.15) is 0 Å². The average Bonchev–Trinajstić information content (AvgIpc) is 2.24. The molecule has 106 valence electrons. The van der Waals surface area contributed by atoms with E-state index < -0.39 is 5.97 Å². The summed E-state index contributed by atoms with van der Waals surface area (Å²) in [6, 6.07) is 0. The van der Waals surface area contributed by atoms with Crippen LogP contribution in [0.2, 0.25) is 0 Å². The van der Waals surface area contributed by atoms with Crippen molar-refractivity contribution in [1.82, 2.24) is 0 Å². The van der Waals surface area contributed by atoms with E-state index in [9.17, 15) is 5.11 Å². The minimum atomic E-state index is -0.833. The fourth-order valence-electron chi connectivity index (χ4n) is 1.39. The van der Waals surface area contributed by atoms with Crippen molar-refractivity contribution in [3.8, 4) is 0 Å². The molecular formula is C15H28O3. The zero-order chi connectivity index (χ0) is 14.6. The maximum absolute atomic E-state index is 9.57. The van der Waals surface area contributed by atoms with Crippen LogP contribution in [-0.4, -0.2) is 22.3 Å². The first-order valence-corrected chi connectivity index (χ1v) is 6.62. The summed E-state index contributed by atoms with van der Waals surface area (Å²) in [6.07, 6.45) is 4.93. The first-order valence-electron chi connectivity index (χ1n) is 6.62. The number of aliphatic carboxylic acids is 1. The third kappa shape index (κ3) is 17.3. The van der Waals surface area contributed by atoms with Gasteiger partial charge in [0.05, 0.1) is 6.10 Å². The van der Waals surface area contributed by atoms with Crippen molar-refractivity contribution in [2.45, 2.75) is 72.8 Å². The summed E-state index contributed by atoms with van der Waals surface area (Å²) in [5, 5.41) is 17.0. The Morgan fingerprint density at radius 3 is 2.06 bits per heavy atom. The van der Waals surface area contributed by atoms with Crippen molar-refractivity contribution in [1.29, 1.82) is 0 Å². The maximum Gasteiger partial charge on any atom is 0.300 e. The quantitative estimate of drug-likeness (QED) is 0.708. The number of hydrogen-bond acceptors (Lipinski definition) is 2. The van der Waals surface area contributed by atoms with Gasteiger partial charge in [-0.05, 0) is 44.3 Å². The zero-order valence-electron chi connectivity index (χ0n) is 12.4. The van der Waals surface area contributed by atoms with Gasteiger partial charge < -0.3 is 10.2 Å². The largest absolute Gasteiger partial charge is 0.481 e. The minimum absolute atomic E-state index is 0.186. The summed E-state index contributed by atoms with van der Waals surface area (Å²) < 4.78 is 0. The molecule has 0 saturated carbocycles. The maximum atomic E-state index is 9.57. The van der Waals surface area contributed by atoms with Crippen LogP contribution < -0.4 is 0 Å². The summed E-state index contributed by atoms with van der Waals surface area (Å²) in [5.74, 6) is -0.833. The Morgan fingerprint density at radius 2 is 1.72 bits per heavy atom.